The molecule has 1 aliphatic rings. The molecule has 1 unspecified atom stereocenters. The minimum atomic E-state index is 0.600. The van der Waals surface area contributed by atoms with Crippen LogP contribution in [0, 0.1) is 12.8 Å². The third-order valence-electron chi connectivity index (χ3n) is 3.99. The molecule has 1 aliphatic heterocycles. The van der Waals surface area contributed by atoms with Gasteiger partial charge in [0.05, 0.1) is 0 Å². The summed E-state index contributed by atoms with van der Waals surface area (Å²) in [6.45, 7) is 12.0. The second-order valence-electron chi connectivity index (χ2n) is 6.14. The van der Waals surface area contributed by atoms with E-state index in [1.165, 1.54) is 30.6 Å². The smallest absolute Gasteiger partial charge is 0.0313 e. The molecule has 0 spiro atoms. The predicted octanol–water partition coefficient (Wildman–Crippen LogP) is 1.49. The first kappa shape index (κ1) is 15.4. The number of aromatic nitrogens is 1. The van der Waals surface area contributed by atoms with E-state index >= 15 is 0 Å². The third kappa shape index (κ3) is 4.85. The first-order valence-corrected chi connectivity index (χ1v) is 7.72. The van der Waals surface area contributed by atoms with Gasteiger partial charge in [-0.05, 0) is 50.0 Å². The lowest BCUT2D eigenvalue weighted by molar-refractivity contribution is 0.232. The van der Waals surface area contributed by atoms with Crippen molar-refractivity contribution in [3.05, 3.63) is 29.6 Å². The average Bonchev–Trinajstić information content (AvgIpc) is 2.64. The molecule has 112 valence electrons. The van der Waals surface area contributed by atoms with E-state index in [4.69, 9.17) is 5.73 Å². The Morgan fingerprint density at radius 1 is 1.20 bits per heavy atom. The summed E-state index contributed by atoms with van der Waals surface area (Å²) >= 11 is 0. The molecule has 2 heterocycles. The second-order valence-corrected chi connectivity index (χ2v) is 6.14. The van der Waals surface area contributed by atoms with E-state index in [9.17, 15) is 0 Å². The molecule has 4 heteroatoms. The highest BCUT2D eigenvalue weighted by Crippen LogP contribution is 2.10. The summed E-state index contributed by atoms with van der Waals surface area (Å²) in [5, 5.41) is 0. The third-order valence-corrected chi connectivity index (χ3v) is 3.99. The molecule has 1 saturated heterocycles. The van der Waals surface area contributed by atoms with Gasteiger partial charge >= 0.3 is 0 Å². The van der Waals surface area contributed by atoms with Gasteiger partial charge in [0.15, 0.2) is 0 Å². The van der Waals surface area contributed by atoms with E-state index in [-0.39, 0.29) is 0 Å². The fraction of sp³-hybridized carbons (Fsp3) is 0.688. The lowest BCUT2D eigenvalue weighted by atomic mass is 10.1. The van der Waals surface area contributed by atoms with Gasteiger partial charge in [-0.25, -0.2) is 0 Å². The molecule has 1 aromatic rings. The number of nitrogens with two attached hydrogens (primary N) is 1. The van der Waals surface area contributed by atoms with Crippen LogP contribution < -0.4 is 5.73 Å². The number of rotatable bonds is 5. The minimum Gasteiger partial charge on any atom is -0.330 e. The molecule has 0 aliphatic carbocycles. The summed E-state index contributed by atoms with van der Waals surface area (Å²) in [7, 11) is 0. The Balaban J connectivity index is 1.83. The zero-order chi connectivity index (χ0) is 14.4. The zero-order valence-electron chi connectivity index (χ0n) is 12.9. The maximum Gasteiger partial charge on any atom is 0.0313 e. The molecule has 20 heavy (non-hydrogen) atoms. The number of nitrogens with zero attached hydrogens (tertiary/aromatic N) is 3. The second kappa shape index (κ2) is 7.72. The van der Waals surface area contributed by atoms with Crippen LogP contribution in [-0.2, 0) is 6.54 Å². The minimum absolute atomic E-state index is 0.600. The summed E-state index contributed by atoms with van der Waals surface area (Å²) in [5.41, 5.74) is 8.30. The normalized spacial score (nSPS) is 19.8. The standard InChI is InChI=1S/C16H28N4/c1-14-8-16(11-18-10-14)13-20-5-3-4-19(6-7-20)12-15(2)9-17/h8,10-11,15H,3-7,9,12-13,17H2,1-2H3. The molecule has 0 bridgehead atoms. The van der Waals surface area contributed by atoms with Gasteiger partial charge in [-0.15, -0.1) is 0 Å². The summed E-state index contributed by atoms with van der Waals surface area (Å²) < 4.78 is 0. The van der Waals surface area contributed by atoms with Gasteiger partial charge in [0.2, 0.25) is 0 Å². The number of aryl methyl sites for hydroxylation is 1. The predicted molar refractivity (Wildman–Crippen MR) is 83.5 cm³/mol. The van der Waals surface area contributed by atoms with Crippen LogP contribution >= 0.6 is 0 Å². The molecule has 1 aromatic heterocycles. The van der Waals surface area contributed by atoms with Crippen LogP contribution in [0.25, 0.3) is 0 Å². The van der Waals surface area contributed by atoms with Crippen molar-refractivity contribution in [2.75, 3.05) is 39.3 Å². The monoisotopic (exact) mass is 276 g/mol. The lowest BCUT2D eigenvalue weighted by Crippen LogP contribution is -2.35. The SMILES string of the molecule is Cc1cncc(CN2CCCN(CC(C)CN)CC2)c1. The van der Waals surface area contributed by atoms with Crippen molar-refractivity contribution in [2.24, 2.45) is 11.7 Å². The van der Waals surface area contributed by atoms with Crippen molar-refractivity contribution in [3.8, 4) is 0 Å². The van der Waals surface area contributed by atoms with E-state index in [1.807, 2.05) is 12.4 Å². The van der Waals surface area contributed by atoms with Crippen LogP contribution in [-0.4, -0.2) is 54.1 Å². The van der Waals surface area contributed by atoms with Gasteiger partial charge in [0.1, 0.15) is 0 Å². The molecular weight excluding hydrogens is 248 g/mol. The van der Waals surface area contributed by atoms with Crippen LogP contribution in [0.1, 0.15) is 24.5 Å². The van der Waals surface area contributed by atoms with Crippen molar-refractivity contribution < 1.29 is 0 Å². The number of hydrogen-bond donors (Lipinski definition) is 1. The summed E-state index contributed by atoms with van der Waals surface area (Å²) in [6, 6.07) is 2.24. The average molecular weight is 276 g/mol. The number of pyridine rings is 1. The van der Waals surface area contributed by atoms with E-state index in [0.717, 1.165) is 32.7 Å². The molecule has 2 N–H and O–H groups in total. The fourth-order valence-electron chi connectivity index (χ4n) is 2.84. The van der Waals surface area contributed by atoms with Gasteiger partial charge in [0, 0.05) is 38.6 Å². The molecule has 0 amide bonds. The van der Waals surface area contributed by atoms with Crippen LogP contribution in [0.3, 0.4) is 0 Å². The maximum atomic E-state index is 5.73. The molecule has 2 rings (SSSR count). The van der Waals surface area contributed by atoms with Gasteiger partial charge in [-0.1, -0.05) is 13.0 Å². The van der Waals surface area contributed by atoms with Crippen LogP contribution in [0.5, 0.6) is 0 Å². The summed E-state index contributed by atoms with van der Waals surface area (Å²) in [5.74, 6) is 0.600. The van der Waals surface area contributed by atoms with Gasteiger partial charge in [0.25, 0.3) is 0 Å². The topological polar surface area (TPSA) is 45.4 Å². The Morgan fingerprint density at radius 3 is 2.70 bits per heavy atom. The van der Waals surface area contributed by atoms with Crippen molar-refractivity contribution in [1.29, 1.82) is 0 Å². The van der Waals surface area contributed by atoms with E-state index < -0.39 is 0 Å². The molecule has 1 atom stereocenters. The Kier molecular flexibility index (Phi) is 5.95. The molecule has 1 fully saturated rings. The highest BCUT2D eigenvalue weighted by Gasteiger charge is 2.16. The Hall–Kier alpha value is -0.970. The van der Waals surface area contributed by atoms with E-state index in [1.54, 1.807) is 0 Å². The Labute approximate surface area is 123 Å². The van der Waals surface area contributed by atoms with Crippen molar-refractivity contribution in [3.63, 3.8) is 0 Å². The van der Waals surface area contributed by atoms with Gasteiger partial charge < -0.3 is 10.6 Å². The molecule has 0 saturated carbocycles. The number of hydrogen-bond acceptors (Lipinski definition) is 4. The summed E-state index contributed by atoms with van der Waals surface area (Å²) in [6.07, 6.45) is 5.16. The maximum absolute atomic E-state index is 5.73. The first-order chi connectivity index (χ1) is 9.67. The lowest BCUT2D eigenvalue weighted by Gasteiger charge is -2.24. The first-order valence-electron chi connectivity index (χ1n) is 7.72. The van der Waals surface area contributed by atoms with Crippen molar-refractivity contribution in [1.82, 2.24) is 14.8 Å². The van der Waals surface area contributed by atoms with Crippen molar-refractivity contribution >= 4 is 0 Å². The van der Waals surface area contributed by atoms with Crippen LogP contribution in [0.4, 0.5) is 0 Å². The highest BCUT2D eigenvalue weighted by atomic mass is 15.2. The van der Waals surface area contributed by atoms with Crippen LogP contribution in [0.2, 0.25) is 0 Å². The molecule has 0 aromatic carbocycles. The highest BCUT2D eigenvalue weighted by molar-refractivity contribution is 5.16. The summed E-state index contributed by atoms with van der Waals surface area (Å²) in [4.78, 5) is 9.39. The molecular formula is C16H28N4. The van der Waals surface area contributed by atoms with Crippen LogP contribution in [0.15, 0.2) is 18.5 Å². The Morgan fingerprint density at radius 2 is 1.95 bits per heavy atom. The van der Waals surface area contributed by atoms with E-state index in [2.05, 4.69) is 34.7 Å². The molecule has 4 nitrogen and oxygen atoms in total. The largest absolute Gasteiger partial charge is 0.330 e. The van der Waals surface area contributed by atoms with Crippen molar-refractivity contribution in [2.45, 2.75) is 26.8 Å². The van der Waals surface area contributed by atoms with Gasteiger partial charge in [-0.3, -0.25) is 9.88 Å². The van der Waals surface area contributed by atoms with Gasteiger partial charge in [-0.2, -0.15) is 0 Å². The molecule has 0 radical (unpaired) electrons. The van der Waals surface area contributed by atoms with E-state index in [0.29, 0.717) is 5.92 Å². The quantitative estimate of drug-likeness (QED) is 0.885. The zero-order valence-corrected chi connectivity index (χ0v) is 12.9. The Bertz CT molecular complexity index is 407. The fourth-order valence-corrected chi connectivity index (χ4v) is 2.84.